The SMILES string of the molecule is Cc1cnc(N2C[C@@H](CN)[C@H](c3ccccc3)C2)s1. The molecular weight excluding hydrogens is 254 g/mol. The molecule has 1 fully saturated rings. The van der Waals surface area contributed by atoms with Gasteiger partial charge >= 0.3 is 0 Å². The summed E-state index contributed by atoms with van der Waals surface area (Å²) < 4.78 is 0. The van der Waals surface area contributed by atoms with Crippen molar-refractivity contribution in [2.45, 2.75) is 12.8 Å². The number of nitrogens with two attached hydrogens (primary N) is 1. The topological polar surface area (TPSA) is 42.2 Å². The molecule has 0 saturated carbocycles. The van der Waals surface area contributed by atoms with Crippen molar-refractivity contribution < 1.29 is 0 Å². The van der Waals surface area contributed by atoms with Crippen LogP contribution in [0.5, 0.6) is 0 Å². The van der Waals surface area contributed by atoms with Gasteiger partial charge in [-0.2, -0.15) is 0 Å². The fraction of sp³-hybridized carbons (Fsp3) is 0.400. The molecule has 4 heteroatoms. The summed E-state index contributed by atoms with van der Waals surface area (Å²) in [6.07, 6.45) is 1.95. The van der Waals surface area contributed by atoms with Crippen LogP contribution < -0.4 is 10.6 Å². The van der Waals surface area contributed by atoms with E-state index < -0.39 is 0 Å². The zero-order chi connectivity index (χ0) is 13.2. The summed E-state index contributed by atoms with van der Waals surface area (Å²) in [5.41, 5.74) is 7.36. The zero-order valence-corrected chi connectivity index (χ0v) is 11.9. The lowest BCUT2D eigenvalue weighted by atomic mass is 9.89. The van der Waals surface area contributed by atoms with Gasteiger partial charge < -0.3 is 10.6 Å². The Balaban J connectivity index is 1.83. The maximum atomic E-state index is 5.96. The van der Waals surface area contributed by atoms with E-state index in [-0.39, 0.29) is 0 Å². The molecule has 0 radical (unpaired) electrons. The van der Waals surface area contributed by atoms with Crippen molar-refractivity contribution in [3.05, 3.63) is 47.0 Å². The van der Waals surface area contributed by atoms with E-state index in [0.717, 1.165) is 24.8 Å². The third-order valence-corrected chi connectivity index (χ3v) is 4.82. The molecule has 2 heterocycles. The third kappa shape index (κ3) is 2.51. The van der Waals surface area contributed by atoms with E-state index >= 15 is 0 Å². The second-order valence-electron chi connectivity index (χ2n) is 5.17. The van der Waals surface area contributed by atoms with E-state index in [9.17, 15) is 0 Å². The molecule has 0 unspecified atom stereocenters. The second kappa shape index (κ2) is 5.31. The molecule has 1 aliphatic heterocycles. The first-order valence-electron chi connectivity index (χ1n) is 6.70. The number of aryl methyl sites for hydroxylation is 1. The van der Waals surface area contributed by atoms with Gasteiger partial charge in [0, 0.05) is 30.1 Å². The Kier molecular flexibility index (Phi) is 3.53. The zero-order valence-electron chi connectivity index (χ0n) is 11.1. The van der Waals surface area contributed by atoms with Crippen molar-refractivity contribution in [3.63, 3.8) is 0 Å². The van der Waals surface area contributed by atoms with Crippen molar-refractivity contribution in [2.75, 3.05) is 24.5 Å². The molecule has 100 valence electrons. The lowest BCUT2D eigenvalue weighted by Gasteiger charge is -2.16. The minimum Gasteiger partial charge on any atom is -0.347 e. The van der Waals surface area contributed by atoms with Gasteiger partial charge in [-0.05, 0) is 24.9 Å². The second-order valence-corrected chi connectivity index (χ2v) is 6.38. The van der Waals surface area contributed by atoms with E-state index in [4.69, 9.17) is 5.73 Å². The summed E-state index contributed by atoms with van der Waals surface area (Å²) in [5.74, 6) is 1.04. The number of anilines is 1. The summed E-state index contributed by atoms with van der Waals surface area (Å²) in [5, 5.41) is 1.13. The minimum absolute atomic E-state index is 0.520. The van der Waals surface area contributed by atoms with Crippen LogP contribution in [0.4, 0.5) is 5.13 Å². The van der Waals surface area contributed by atoms with Gasteiger partial charge in [0.25, 0.3) is 0 Å². The van der Waals surface area contributed by atoms with Crippen LogP contribution in [0.1, 0.15) is 16.4 Å². The molecular formula is C15H19N3S. The van der Waals surface area contributed by atoms with Crippen LogP contribution in [-0.4, -0.2) is 24.6 Å². The molecule has 2 atom stereocenters. The number of aromatic nitrogens is 1. The number of nitrogens with zero attached hydrogens (tertiary/aromatic N) is 2. The Hall–Kier alpha value is -1.39. The number of thiazole rings is 1. The van der Waals surface area contributed by atoms with Crippen LogP contribution in [0.25, 0.3) is 0 Å². The standard InChI is InChI=1S/C15H19N3S/c1-11-8-17-15(19-11)18-9-13(7-16)14(10-18)12-5-3-2-4-6-12/h2-6,8,13-14H,7,9-10,16H2,1H3/t13-,14+/m1/s1. The summed E-state index contributed by atoms with van der Waals surface area (Å²) in [6, 6.07) is 10.7. The van der Waals surface area contributed by atoms with Gasteiger partial charge in [0.2, 0.25) is 0 Å². The normalized spacial score (nSPS) is 22.9. The maximum Gasteiger partial charge on any atom is 0.185 e. The van der Waals surface area contributed by atoms with E-state index in [2.05, 4.69) is 47.1 Å². The average Bonchev–Trinajstić information content (AvgIpc) is 3.05. The van der Waals surface area contributed by atoms with E-state index in [1.807, 2.05) is 6.20 Å². The van der Waals surface area contributed by atoms with E-state index in [1.54, 1.807) is 11.3 Å². The van der Waals surface area contributed by atoms with Crippen LogP contribution in [0, 0.1) is 12.8 Å². The monoisotopic (exact) mass is 273 g/mol. The predicted molar refractivity (Wildman–Crippen MR) is 80.8 cm³/mol. The van der Waals surface area contributed by atoms with Crippen LogP contribution in [-0.2, 0) is 0 Å². The smallest absolute Gasteiger partial charge is 0.185 e. The Bertz CT molecular complexity index is 537. The molecule has 1 aromatic heterocycles. The molecule has 1 aromatic carbocycles. The molecule has 0 aliphatic carbocycles. The van der Waals surface area contributed by atoms with Gasteiger partial charge in [-0.15, -0.1) is 11.3 Å². The highest BCUT2D eigenvalue weighted by atomic mass is 32.1. The Labute approximate surface area is 118 Å². The van der Waals surface area contributed by atoms with Crippen molar-refractivity contribution in [1.29, 1.82) is 0 Å². The van der Waals surface area contributed by atoms with E-state index in [1.165, 1.54) is 10.4 Å². The molecule has 2 aromatic rings. The molecule has 19 heavy (non-hydrogen) atoms. The lowest BCUT2D eigenvalue weighted by Crippen LogP contribution is -2.22. The Morgan fingerprint density at radius 3 is 2.74 bits per heavy atom. The number of rotatable bonds is 3. The fourth-order valence-electron chi connectivity index (χ4n) is 2.83. The lowest BCUT2D eigenvalue weighted by molar-refractivity contribution is 0.532. The summed E-state index contributed by atoms with van der Waals surface area (Å²) >= 11 is 1.77. The van der Waals surface area contributed by atoms with Crippen molar-refractivity contribution in [2.24, 2.45) is 11.7 Å². The van der Waals surface area contributed by atoms with Gasteiger partial charge in [-0.3, -0.25) is 0 Å². The van der Waals surface area contributed by atoms with Crippen molar-refractivity contribution in [3.8, 4) is 0 Å². The molecule has 1 saturated heterocycles. The molecule has 3 rings (SSSR count). The molecule has 0 amide bonds. The minimum atomic E-state index is 0.520. The van der Waals surface area contributed by atoms with Gasteiger partial charge in [-0.25, -0.2) is 4.98 Å². The van der Waals surface area contributed by atoms with Crippen molar-refractivity contribution >= 4 is 16.5 Å². The summed E-state index contributed by atoms with van der Waals surface area (Å²) in [6.45, 7) is 4.88. The number of benzene rings is 1. The van der Waals surface area contributed by atoms with Crippen LogP contribution >= 0.6 is 11.3 Å². The summed E-state index contributed by atoms with van der Waals surface area (Å²) in [4.78, 5) is 8.15. The quantitative estimate of drug-likeness (QED) is 0.935. The highest BCUT2D eigenvalue weighted by Crippen LogP contribution is 2.36. The fourth-order valence-corrected chi connectivity index (χ4v) is 3.61. The Morgan fingerprint density at radius 2 is 2.11 bits per heavy atom. The summed E-state index contributed by atoms with van der Waals surface area (Å²) in [7, 11) is 0. The molecule has 3 nitrogen and oxygen atoms in total. The van der Waals surface area contributed by atoms with Crippen molar-refractivity contribution in [1.82, 2.24) is 4.98 Å². The van der Waals surface area contributed by atoms with Gasteiger partial charge in [0.15, 0.2) is 5.13 Å². The Morgan fingerprint density at radius 1 is 1.32 bits per heavy atom. The molecule has 0 bridgehead atoms. The largest absolute Gasteiger partial charge is 0.347 e. The predicted octanol–water partition coefficient (Wildman–Crippen LogP) is 2.63. The van der Waals surface area contributed by atoms with Crippen LogP contribution in [0.15, 0.2) is 36.5 Å². The van der Waals surface area contributed by atoms with Gasteiger partial charge in [0.1, 0.15) is 0 Å². The van der Waals surface area contributed by atoms with Crippen LogP contribution in [0.3, 0.4) is 0 Å². The molecule has 1 aliphatic rings. The first-order chi connectivity index (χ1) is 9.28. The maximum absolute atomic E-state index is 5.96. The van der Waals surface area contributed by atoms with E-state index in [0.29, 0.717) is 11.8 Å². The first kappa shape index (κ1) is 12.6. The molecule has 2 N–H and O–H groups in total. The highest BCUT2D eigenvalue weighted by molar-refractivity contribution is 7.15. The first-order valence-corrected chi connectivity index (χ1v) is 7.52. The average molecular weight is 273 g/mol. The number of hydrogen-bond acceptors (Lipinski definition) is 4. The highest BCUT2D eigenvalue weighted by Gasteiger charge is 2.33. The molecule has 0 spiro atoms. The van der Waals surface area contributed by atoms with Gasteiger partial charge in [0.05, 0.1) is 0 Å². The third-order valence-electron chi connectivity index (χ3n) is 3.85. The number of hydrogen-bond donors (Lipinski definition) is 1. The van der Waals surface area contributed by atoms with Crippen LogP contribution in [0.2, 0.25) is 0 Å². The van der Waals surface area contributed by atoms with Gasteiger partial charge in [-0.1, -0.05) is 30.3 Å².